The summed E-state index contributed by atoms with van der Waals surface area (Å²) in [4.78, 5) is 0. The Hall–Kier alpha value is -1.80. The van der Waals surface area contributed by atoms with Crippen molar-refractivity contribution in [3.05, 3.63) is 11.3 Å². The van der Waals surface area contributed by atoms with E-state index >= 15 is 0 Å². The fraction of sp³-hybridized carbons (Fsp3) is 0.667. The Labute approximate surface area is 118 Å². The summed E-state index contributed by atoms with van der Waals surface area (Å²) in [7, 11) is 3.37. The van der Waals surface area contributed by atoms with Crippen molar-refractivity contribution in [1.82, 2.24) is 9.78 Å². The Balaban J connectivity index is 2.48. The molecule has 0 aromatic carbocycles. The van der Waals surface area contributed by atoms with E-state index in [4.69, 9.17) is 25.2 Å². The average Bonchev–Trinajstić information content (AvgIpc) is 2.71. The molecule has 0 amide bonds. The van der Waals surface area contributed by atoms with E-state index in [-0.39, 0.29) is 5.84 Å². The maximum atomic E-state index is 8.78. The lowest BCUT2D eigenvalue weighted by atomic mass is 10.2. The molecule has 1 aromatic heterocycles. The van der Waals surface area contributed by atoms with Gasteiger partial charge >= 0.3 is 0 Å². The molecule has 0 aliphatic carbocycles. The predicted octanol–water partition coefficient (Wildman–Crippen LogP) is 0.255. The zero-order chi connectivity index (χ0) is 15.0. The summed E-state index contributed by atoms with van der Waals surface area (Å²) in [6.45, 7) is 3.96. The molecule has 3 N–H and O–H groups in total. The van der Waals surface area contributed by atoms with Gasteiger partial charge in [0.25, 0.3) is 0 Å². The fourth-order valence-electron chi connectivity index (χ4n) is 1.72. The van der Waals surface area contributed by atoms with Crippen LogP contribution in [0.25, 0.3) is 0 Å². The van der Waals surface area contributed by atoms with E-state index in [1.165, 1.54) is 0 Å². The van der Waals surface area contributed by atoms with E-state index in [1.807, 2.05) is 0 Å². The van der Waals surface area contributed by atoms with Gasteiger partial charge in [-0.3, -0.25) is 0 Å². The normalized spacial score (nSPS) is 11.8. The van der Waals surface area contributed by atoms with Gasteiger partial charge in [0, 0.05) is 27.2 Å². The number of hydrogen-bond acceptors (Lipinski definition) is 6. The van der Waals surface area contributed by atoms with E-state index in [0.717, 1.165) is 6.42 Å². The number of hydrogen-bond donors (Lipinski definition) is 2. The molecule has 1 heterocycles. The third-order valence-corrected chi connectivity index (χ3v) is 2.64. The molecule has 0 atom stereocenters. The molecular formula is C12H22N4O4. The molecule has 1 rings (SSSR count). The SMILES string of the molecule is COCCOCCCOc1c(C(N)=NO)c(C)nn1C. The molecule has 0 unspecified atom stereocenters. The van der Waals surface area contributed by atoms with Crippen LogP contribution in [-0.4, -0.2) is 54.4 Å². The number of oxime groups is 1. The van der Waals surface area contributed by atoms with Gasteiger partial charge in [-0.2, -0.15) is 5.10 Å². The topological polar surface area (TPSA) is 104 Å². The molecule has 0 spiro atoms. The summed E-state index contributed by atoms with van der Waals surface area (Å²) in [5.74, 6) is 0.469. The quantitative estimate of drug-likeness (QED) is 0.222. The van der Waals surface area contributed by atoms with Crippen molar-refractivity contribution in [2.45, 2.75) is 13.3 Å². The molecule has 0 aliphatic heterocycles. The molecule has 1 aromatic rings. The first kappa shape index (κ1) is 16.3. The van der Waals surface area contributed by atoms with Gasteiger partial charge in [-0.1, -0.05) is 5.16 Å². The van der Waals surface area contributed by atoms with Gasteiger partial charge < -0.3 is 25.2 Å². The highest BCUT2D eigenvalue weighted by molar-refractivity contribution is 6.00. The number of nitrogens with two attached hydrogens (primary N) is 1. The maximum Gasteiger partial charge on any atom is 0.223 e. The van der Waals surface area contributed by atoms with Crippen molar-refractivity contribution >= 4 is 5.84 Å². The minimum atomic E-state index is -0.0121. The zero-order valence-corrected chi connectivity index (χ0v) is 12.1. The first-order chi connectivity index (χ1) is 9.61. The molecule has 0 bridgehead atoms. The predicted molar refractivity (Wildman–Crippen MR) is 73.3 cm³/mol. The van der Waals surface area contributed by atoms with Crippen LogP contribution in [0.3, 0.4) is 0 Å². The van der Waals surface area contributed by atoms with Gasteiger partial charge in [0.1, 0.15) is 5.56 Å². The van der Waals surface area contributed by atoms with E-state index < -0.39 is 0 Å². The molecule has 20 heavy (non-hydrogen) atoms. The molecule has 8 nitrogen and oxygen atoms in total. The molecule has 114 valence electrons. The first-order valence-electron chi connectivity index (χ1n) is 6.32. The second kappa shape index (κ2) is 8.39. The summed E-state index contributed by atoms with van der Waals surface area (Å²) in [5.41, 5.74) is 6.78. The largest absolute Gasteiger partial charge is 0.477 e. The Kier molecular flexibility index (Phi) is 6.82. The lowest BCUT2D eigenvalue weighted by molar-refractivity contribution is 0.0639. The van der Waals surface area contributed by atoms with Crippen molar-refractivity contribution in [3.63, 3.8) is 0 Å². The minimum absolute atomic E-state index is 0.0121. The second-order valence-corrected chi connectivity index (χ2v) is 4.18. The minimum Gasteiger partial charge on any atom is -0.477 e. The van der Waals surface area contributed by atoms with Crippen LogP contribution in [0.2, 0.25) is 0 Å². The number of methoxy groups -OCH3 is 1. The van der Waals surface area contributed by atoms with Gasteiger partial charge in [0.15, 0.2) is 5.84 Å². The van der Waals surface area contributed by atoms with Gasteiger partial charge in [-0.15, -0.1) is 0 Å². The van der Waals surface area contributed by atoms with Crippen molar-refractivity contribution in [2.24, 2.45) is 17.9 Å². The number of amidine groups is 1. The second-order valence-electron chi connectivity index (χ2n) is 4.18. The third kappa shape index (κ3) is 4.39. The zero-order valence-electron chi connectivity index (χ0n) is 12.1. The summed E-state index contributed by atoms with van der Waals surface area (Å²) in [6.07, 6.45) is 0.726. The van der Waals surface area contributed by atoms with Gasteiger partial charge in [0.2, 0.25) is 5.88 Å². The highest BCUT2D eigenvalue weighted by Gasteiger charge is 2.18. The molecule has 0 aliphatic rings. The van der Waals surface area contributed by atoms with Crippen LogP contribution in [0, 0.1) is 6.92 Å². The van der Waals surface area contributed by atoms with Crippen molar-refractivity contribution in [3.8, 4) is 5.88 Å². The summed E-state index contributed by atoms with van der Waals surface area (Å²) >= 11 is 0. The number of ether oxygens (including phenoxy) is 3. The van der Waals surface area contributed by atoms with Crippen LogP contribution in [0.1, 0.15) is 17.7 Å². The average molecular weight is 286 g/mol. The molecule has 8 heteroatoms. The summed E-state index contributed by atoms with van der Waals surface area (Å²) < 4.78 is 17.4. The van der Waals surface area contributed by atoms with Crippen molar-refractivity contribution in [2.75, 3.05) is 33.5 Å². The lowest BCUT2D eigenvalue weighted by Crippen LogP contribution is -2.16. The standard InChI is InChI=1S/C12H22N4O4/c1-9-10(11(13)15-17)12(16(2)14-9)20-6-4-5-19-8-7-18-3/h17H,4-8H2,1-3H3,(H2,13,15). The summed E-state index contributed by atoms with van der Waals surface area (Å²) in [5, 5.41) is 16.0. The lowest BCUT2D eigenvalue weighted by Gasteiger charge is -2.09. The third-order valence-electron chi connectivity index (χ3n) is 2.64. The Morgan fingerprint density at radius 3 is 2.75 bits per heavy atom. The highest BCUT2D eigenvalue weighted by atomic mass is 16.5. The van der Waals surface area contributed by atoms with Gasteiger partial charge in [0.05, 0.1) is 25.5 Å². The van der Waals surface area contributed by atoms with Crippen LogP contribution >= 0.6 is 0 Å². The Morgan fingerprint density at radius 2 is 2.10 bits per heavy atom. The first-order valence-corrected chi connectivity index (χ1v) is 6.32. The van der Waals surface area contributed by atoms with Crippen LogP contribution in [0.15, 0.2) is 5.16 Å². The molecule has 0 radical (unpaired) electrons. The van der Waals surface area contributed by atoms with Crippen LogP contribution in [0.5, 0.6) is 5.88 Å². The van der Waals surface area contributed by atoms with Gasteiger partial charge in [-0.05, 0) is 6.92 Å². The number of aromatic nitrogens is 2. The van der Waals surface area contributed by atoms with Crippen LogP contribution in [0.4, 0.5) is 0 Å². The highest BCUT2D eigenvalue weighted by Crippen LogP contribution is 2.21. The van der Waals surface area contributed by atoms with Crippen molar-refractivity contribution in [1.29, 1.82) is 0 Å². The number of rotatable bonds is 9. The smallest absolute Gasteiger partial charge is 0.223 e. The monoisotopic (exact) mass is 286 g/mol. The Morgan fingerprint density at radius 1 is 1.35 bits per heavy atom. The molecule has 0 saturated heterocycles. The van der Waals surface area contributed by atoms with E-state index in [0.29, 0.717) is 43.6 Å². The van der Waals surface area contributed by atoms with Crippen molar-refractivity contribution < 1.29 is 19.4 Å². The molecule has 0 saturated carbocycles. The maximum absolute atomic E-state index is 8.78. The fourth-order valence-corrected chi connectivity index (χ4v) is 1.72. The van der Waals surface area contributed by atoms with E-state index in [1.54, 1.807) is 25.8 Å². The van der Waals surface area contributed by atoms with E-state index in [2.05, 4.69) is 10.3 Å². The number of aryl methyl sites for hydroxylation is 2. The number of nitrogens with zero attached hydrogens (tertiary/aromatic N) is 3. The van der Waals surface area contributed by atoms with E-state index in [9.17, 15) is 0 Å². The van der Waals surface area contributed by atoms with Gasteiger partial charge in [-0.25, -0.2) is 4.68 Å². The molecule has 0 fully saturated rings. The Bertz CT molecular complexity index is 445. The summed E-state index contributed by atoms with van der Waals surface area (Å²) in [6, 6.07) is 0. The molecular weight excluding hydrogens is 264 g/mol. The van der Waals surface area contributed by atoms with Crippen LogP contribution in [-0.2, 0) is 16.5 Å². The van der Waals surface area contributed by atoms with Crippen LogP contribution < -0.4 is 10.5 Å².